The number of amides is 1. The summed E-state index contributed by atoms with van der Waals surface area (Å²) in [5.74, 6) is 1.89. The zero-order valence-electron chi connectivity index (χ0n) is 14.6. The fourth-order valence-corrected chi connectivity index (χ4v) is 7.74. The zero-order chi connectivity index (χ0) is 16.9. The van der Waals surface area contributed by atoms with Crippen molar-refractivity contribution in [3.05, 3.63) is 29.8 Å². The lowest BCUT2D eigenvalue weighted by Gasteiger charge is -2.60. The van der Waals surface area contributed by atoms with E-state index < -0.39 is 0 Å². The molecule has 5 rings (SSSR count). The molecule has 0 heterocycles. The second-order valence-electron chi connectivity index (χ2n) is 8.40. The van der Waals surface area contributed by atoms with E-state index in [-0.39, 0.29) is 9.74 Å². The van der Waals surface area contributed by atoms with Crippen molar-refractivity contribution in [1.82, 2.24) is 4.90 Å². The summed E-state index contributed by atoms with van der Waals surface area (Å²) in [6.45, 7) is 0.722. The number of thioether (sulfide) groups is 1. The highest BCUT2D eigenvalue weighted by Gasteiger charge is 2.60. The summed E-state index contributed by atoms with van der Waals surface area (Å²) >= 11 is 5.77. The van der Waals surface area contributed by atoms with Crippen LogP contribution >= 0.6 is 27.7 Å². The molecule has 4 heteroatoms. The van der Waals surface area contributed by atoms with E-state index in [1.54, 1.807) is 11.8 Å². The normalized spacial score (nSPS) is 36.8. The minimum Gasteiger partial charge on any atom is -0.341 e. The lowest BCUT2D eigenvalue weighted by molar-refractivity contribution is -0.154. The monoisotopic (exact) mass is 407 g/mol. The maximum absolute atomic E-state index is 13.4. The van der Waals surface area contributed by atoms with Crippen LogP contribution in [0.25, 0.3) is 0 Å². The average Bonchev–Trinajstić information content (AvgIpc) is 2.52. The largest absolute Gasteiger partial charge is 0.341 e. The Labute approximate surface area is 157 Å². The maximum Gasteiger partial charge on any atom is 0.228 e. The topological polar surface area (TPSA) is 20.3 Å². The van der Waals surface area contributed by atoms with Crippen molar-refractivity contribution in [2.24, 2.45) is 17.3 Å². The molecule has 0 aromatic heterocycles. The van der Waals surface area contributed by atoms with Crippen molar-refractivity contribution in [2.75, 3.05) is 13.3 Å². The number of hydrogen-bond donors (Lipinski definition) is 0. The number of hydrogen-bond acceptors (Lipinski definition) is 2. The van der Waals surface area contributed by atoms with Gasteiger partial charge >= 0.3 is 0 Å². The lowest BCUT2D eigenvalue weighted by Crippen LogP contribution is -2.58. The van der Waals surface area contributed by atoms with Gasteiger partial charge in [0, 0.05) is 22.8 Å². The van der Waals surface area contributed by atoms with E-state index in [1.165, 1.54) is 29.7 Å². The number of nitrogens with zero attached hydrogens (tertiary/aromatic N) is 1. The number of carbonyl (C=O) groups excluding carboxylic acids is 1. The Morgan fingerprint density at radius 3 is 2.38 bits per heavy atom. The smallest absolute Gasteiger partial charge is 0.228 e. The molecule has 2 atom stereocenters. The molecule has 1 aromatic rings. The van der Waals surface area contributed by atoms with E-state index in [2.05, 4.69) is 46.5 Å². The number of rotatable bonds is 4. The molecule has 4 aliphatic rings. The maximum atomic E-state index is 13.4. The molecule has 4 saturated carbocycles. The predicted molar refractivity (Wildman–Crippen MR) is 103 cm³/mol. The van der Waals surface area contributed by atoms with Gasteiger partial charge in [0.05, 0.1) is 5.41 Å². The average molecular weight is 408 g/mol. The number of benzene rings is 1. The van der Waals surface area contributed by atoms with Gasteiger partial charge < -0.3 is 4.90 Å². The zero-order valence-corrected chi connectivity index (χ0v) is 17.0. The van der Waals surface area contributed by atoms with Crippen LogP contribution in [0.4, 0.5) is 0 Å². The molecule has 4 aliphatic carbocycles. The van der Waals surface area contributed by atoms with Crippen LogP contribution in [0.1, 0.15) is 44.1 Å². The molecule has 4 fully saturated rings. The number of alkyl halides is 1. The van der Waals surface area contributed by atoms with Gasteiger partial charge in [0.15, 0.2) is 0 Å². The van der Waals surface area contributed by atoms with E-state index in [0.717, 1.165) is 37.6 Å². The van der Waals surface area contributed by atoms with Gasteiger partial charge in [-0.15, -0.1) is 11.8 Å². The van der Waals surface area contributed by atoms with Crippen LogP contribution in [0, 0.1) is 17.3 Å². The van der Waals surface area contributed by atoms with E-state index in [0.29, 0.717) is 5.91 Å². The summed E-state index contributed by atoms with van der Waals surface area (Å²) in [4.78, 5) is 16.6. The summed E-state index contributed by atoms with van der Waals surface area (Å²) < 4.78 is 0.244. The third-order valence-electron chi connectivity index (χ3n) is 6.37. The highest BCUT2D eigenvalue weighted by Crippen LogP contribution is 2.64. The minimum atomic E-state index is -0.0957. The SMILES string of the molecule is CSc1ccc(CN(C)C(=O)C23CC4CC(CC(Br)(C4)C2)C3)cc1. The van der Waals surface area contributed by atoms with Crippen molar-refractivity contribution in [1.29, 1.82) is 0 Å². The molecule has 1 amide bonds. The molecule has 0 saturated heterocycles. The van der Waals surface area contributed by atoms with Gasteiger partial charge in [-0.1, -0.05) is 28.1 Å². The standard InChI is InChI=1S/C20H26BrNOS/c1-22(12-14-3-5-17(24-2)6-4-14)18(23)19-8-15-7-16(9-19)11-20(21,10-15)13-19/h3-6,15-16H,7-13H2,1-2H3. The molecule has 0 aliphatic heterocycles. The highest BCUT2D eigenvalue weighted by molar-refractivity contribution is 9.10. The molecule has 0 radical (unpaired) electrons. The van der Waals surface area contributed by atoms with Crippen molar-refractivity contribution in [3.63, 3.8) is 0 Å². The lowest BCUT2D eigenvalue weighted by atomic mass is 9.49. The third kappa shape index (κ3) is 2.94. The van der Waals surface area contributed by atoms with Crippen molar-refractivity contribution < 1.29 is 4.79 Å². The first-order valence-corrected chi connectivity index (χ1v) is 11.0. The van der Waals surface area contributed by atoms with E-state index >= 15 is 0 Å². The summed E-state index contributed by atoms with van der Waals surface area (Å²) in [7, 11) is 1.99. The van der Waals surface area contributed by atoms with Crippen molar-refractivity contribution >= 4 is 33.6 Å². The first-order chi connectivity index (χ1) is 11.4. The fraction of sp³-hybridized carbons (Fsp3) is 0.650. The molecular weight excluding hydrogens is 382 g/mol. The molecule has 130 valence electrons. The second kappa shape index (κ2) is 6.05. The first-order valence-electron chi connectivity index (χ1n) is 8.99. The molecule has 4 bridgehead atoms. The summed E-state index contributed by atoms with van der Waals surface area (Å²) in [5, 5.41) is 0. The predicted octanol–water partition coefficient (Wildman–Crippen LogP) is 5.10. The van der Waals surface area contributed by atoms with Gasteiger partial charge in [0.2, 0.25) is 5.91 Å². The molecule has 2 unspecified atom stereocenters. The van der Waals surface area contributed by atoms with Crippen LogP contribution in [0.15, 0.2) is 29.2 Å². The summed E-state index contributed by atoms with van der Waals surface area (Å²) in [6, 6.07) is 8.61. The van der Waals surface area contributed by atoms with Gasteiger partial charge in [0.1, 0.15) is 0 Å². The molecule has 2 nitrogen and oxygen atoms in total. The van der Waals surface area contributed by atoms with Crippen LogP contribution < -0.4 is 0 Å². The van der Waals surface area contributed by atoms with Gasteiger partial charge in [-0.05, 0) is 74.3 Å². The van der Waals surface area contributed by atoms with E-state index in [1.807, 2.05) is 11.9 Å². The highest BCUT2D eigenvalue weighted by atomic mass is 79.9. The quantitative estimate of drug-likeness (QED) is 0.510. The van der Waals surface area contributed by atoms with Crippen LogP contribution in [0.5, 0.6) is 0 Å². The summed E-state index contributed by atoms with van der Waals surface area (Å²) in [6.07, 6.45) is 9.27. The first kappa shape index (κ1) is 17.0. The Kier molecular flexibility index (Phi) is 4.28. The van der Waals surface area contributed by atoms with Crippen LogP contribution in [-0.4, -0.2) is 28.4 Å². The van der Waals surface area contributed by atoms with Crippen molar-refractivity contribution in [2.45, 2.75) is 54.3 Å². The molecule has 1 aromatic carbocycles. The Morgan fingerprint density at radius 1 is 1.21 bits per heavy atom. The summed E-state index contributed by atoms with van der Waals surface area (Å²) in [5.41, 5.74) is 1.13. The Balaban J connectivity index is 1.50. The van der Waals surface area contributed by atoms with Gasteiger partial charge in [0.25, 0.3) is 0 Å². The molecule has 0 N–H and O–H groups in total. The number of carbonyl (C=O) groups is 1. The number of halogens is 1. The van der Waals surface area contributed by atoms with Gasteiger partial charge in [-0.25, -0.2) is 0 Å². The molecular formula is C20H26BrNOS. The van der Waals surface area contributed by atoms with Crippen molar-refractivity contribution in [3.8, 4) is 0 Å². The fourth-order valence-electron chi connectivity index (χ4n) is 5.88. The van der Waals surface area contributed by atoms with E-state index in [4.69, 9.17) is 0 Å². The van der Waals surface area contributed by atoms with E-state index in [9.17, 15) is 4.79 Å². The second-order valence-corrected chi connectivity index (χ2v) is 11.0. The van der Waals surface area contributed by atoms with Gasteiger partial charge in [-0.2, -0.15) is 0 Å². The Morgan fingerprint density at radius 2 is 1.83 bits per heavy atom. The van der Waals surface area contributed by atoms with Gasteiger partial charge in [-0.3, -0.25) is 4.79 Å². The van der Waals surface area contributed by atoms with Crippen LogP contribution in [0.2, 0.25) is 0 Å². The molecule has 24 heavy (non-hydrogen) atoms. The Hall–Kier alpha value is -0.480. The van der Waals surface area contributed by atoms with Crippen LogP contribution in [0.3, 0.4) is 0 Å². The minimum absolute atomic E-state index is 0.0957. The third-order valence-corrected chi connectivity index (χ3v) is 8.04. The van der Waals surface area contributed by atoms with Crippen LogP contribution in [-0.2, 0) is 11.3 Å². The molecule has 0 spiro atoms. The Bertz CT molecular complexity index is 630.